The Labute approximate surface area is 701 Å². The monoisotopic (exact) mass is 1790 g/mol. The van der Waals surface area contributed by atoms with Crippen molar-refractivity contribution in [3.8, 4) is 96.3 Å². The molecule has 0 aliphatic carbocycles. The van der Waals surface area contributed by atoms with Crippen LogP contribution in [0.4, 0.5) is 69.7 Å². The Bertz CT molecular complexity index is 6180. The number of nitrogens with zero attached hydrogens (tertiary/aromatic N) is 11. The number of aryl methyl sites for hydroxylation is 1. The maximum Gasteiger partial charge on any atom is 0.434 e. The van der Waals surface area contributed by atoms with Crippen LogP contribution in [0.3, 0.4) is 0 Å². The molecule has 13 aromatic rings. The first-order valence-electron chi connectivity index (χ1n) is 34.5. The standard InChI is InChI=1S/C24H17ClF4N6O4.C24H15ClF4N6O3.C22H13ClF4N4O4.C4H6O3.C2H6N2O/c1-11(36)31-13-5-3-6-14(9-13)35-22(24(27,28)29)15(10-30-35)21-19(23(38)33-32-12(2)37)20(34-39-21)18-16(25)7-4-8-17(18)26;1-11(36)31-13-5-3-6-14(9-13)35-22(24(27,28)29)15(10-30-35)21-19(23-33-32-12(2)37-23)20(34-38-21)18-16(25)7-4-8-17(18)26;1-10(32)29-11-4-2-5-12(8-11)31-20(22(25,26)27)13(9-28-31)19-17(21(33)34)18(30-35-19)16-14(23)6-3-7-15(16)24;1-3(5)7-4(2)6;1-2(5)4-3/h3-10H,1-2H3,(H,31,36)(H,32,37)(H,33,38);3-10H,1-2H3,(H,31,36);2-9H,1H3,(H,29,32)(H,33,34);1-2H3;3H2,1H3,(H,4,5). The van der Waals surface area contributed by atoms with Gasteiger partial charge < -0.3 is 43.8 Å². The number of carbonyl (C=O) groups is 9. The third kappa shape index (κ3) is 22.2. The molecule has 6 amide bonds. The quantitative estimate of drug-likeness (QED) is 0.0118. The molecule has 13 rings (SSSR count). The van der Waals surface area contributed by atoms with E-state index in [1.807, 2.05) is 16.3 Å². The van der Waals surface area contributed by atoms with E-state index in [1.165, 1.54) is 158 Å². The predicted octanol–water partition coefficient (Wildman–Crippen LogP) is 15.8. The number of aromatic carboxylic acids is 1. The van der Waals surface area contributed by atoms with Gasteiger partial charge in [-0.15, -0.1) is 10.2 Å². The number of nitrogens with one attached hydrogen (secondary N) is 6. The van der Waals surface area contributed by atoms with Crippen molar-refractivity contribution in [1.82, 2.24) is 71.3 Å². The first kappa shape index (κ1) is 93.0. The van der Waals surface area contributed by atoms with Gasteiger partial charge in [0.05, 0.1) is 84.1 Å². The number of ether oxygens (including phenoxy) is 1. The number of amides is 6. The molecule has 33 nitrogen and oxygen atoms in total. The van der Waals surface area contributed by atoms with Gasteiger partial charge in [0.1, 0.15) is 51.2 Å². The number of anilines is 3. The van der Waals surface area contributed by atoms with Gasteiger partial charge in [-0.1, -0.05) is 86.7 Å². The molecular weight excluding hydrogens is 1740 g/mol. The third-order valence-corrected chi connectivity index (χ3v) is 16.7. The summed E-state index contributed by atoms with van der Waals surface area (Å²) in [5.41, 5.74) is -3.59. The lowest BCUT2D eigenvalue weighted by Crippen LogP contribution is -2.40. The van der Waals surface area contributed by atoms with Crippen molar-refractivity contribution in [2.24, 2.45) is 5.84 Å². The number of benzene rings is 6. The third-order valence-electron chi connectivity index (χ3n) is 15.8. The van der Waals surface area contributed by atoms with Gasteiger partial charge in [-0.3, -0.25) is 54.6 Å². The summed E-state index contributed by atoms with van der Waals surface area (Å²) in [6, 6.07) is 27.5. The number of hydrogen-bond acceptors (Lipinski definition) is 23. The lowest BCUT2D eigenvalue weighted by atomic mass is 10.0. The molecule has 0 radical (unpaired) electrons. The van der Waals surface area contributed by atoms with Crippen LogP contribution in [0, 0.1) is 24.4 Å². The summed E-state index contributed by atoms with van der Waals surface area (Å²) in [7, 11) is 0. The first-order chi connectivity index (χ1) is 58.3. The minimum Gasteiger partial charge on any atom is -0.477 e. The fraction of sp³-hybridized carbons (Fsp3) is 0.145. The molecule has 124 heavy (non-hydrogen) atoms. The molecule has 0 spiro atoms. The summed E-state index contributed by atoms with van der Waals surface area (Å²) in [5, 5.41) is 46.9. The fourth-order valence-corrected chi connectivity index (χ4v) is 12.0. The lowest BCUT2D eigenvalue weighted by molar-refractivity contribution is -0.156. The van der Waals surface area contributed by atoms with Crippen LogP contribution in [-0.4, -0.2) is 113 Å². The van der Waals surface area contributed by atoms with Gasteiger partial charge in [-0.25, -0.2) is 37.9 Å². The van der Waals surface area contributed by atoms with Crippen molar-refractivity contribution in [3.63, 3.8) is 0 Å². The number of halogens is 15. The second kappa shape index (κ2) is 39.1. The van der Waals surface area contributed by atoms with Crippen molar-refractivity contribution in [2.45, 2.75) is 73.9 Å². The molecule has 9 N–H and O–H groups in total. The van der Waals surface area contributed by atoms with E-state index in [4.69, 9.17) is 52.8 Å². The number of carboxylic acid groups (broad SMARTS) is 1. The highest BCUT2D eigenvalue weighted by Crippen LogP contribution is 2.49. The van der Waals surface area contributed by atoms with E-state index < -0.39 is 168 Å². The summed E-state index contributed by atoms with van der Waals surface area (Å²) in [4.78, 5) is 99.8. The van der Waals surface area contributed by atoms with Gasteiger partial charge >= 0.3 is 36.4 Å². The Hall–Kier alpha value is -14.9. The minimum atomic E-state index is -5.05. The predicted molar refractivity (Wildman–Crippen MR) is 413 cm³/mol. The van der Waals surface area contributed by atoms with Crippen molar-refractivity contribution < 1.29 is 124 Å². The molecule has 0 unspecified atom stereocenters. The zero-order valence-corrected chi connectivity index (χ0v) is 66.5. The molecule has 0 saturated heterocycles. The van der Waals surface area contributed by atoms with Gasteiger partial charge in [0.2, 0.25) is 35.4 Å². The van der Waals surface area contributed by atoms with Crippen LogP contribution in [0.1, 0.15) is 92.2 Å². The molecule has 7 heterocycles. The first-order valence-corrected chi connectivity index (χ1v) is 35.6. The van der Waals surface area contributed by atoms with Gasteiger partial charge in [-0.2, -0.15) is 54.8 Å². The highest BCUT2D eigenvalue weighted by molar-refractivity contribution is 6.34. The number of esters is 2. The van der Waals surface area contributed by atoms with Crippen molar-refractivity contribution in [2.75, 3.05) is 16.0 Å². The van der Waals surface area contributed by atoms with Crippen LogP contribution in [0.15, 0.2) is 164 Å². The van der Waals surface area contributed by atoms with Gasteiger partial charge in [-0.05, 0) is 91.0 Å². The Morgan fingerprint density at radius 2 is 0.766 bits per heavy atom. The molecule has 0 aliphatic rings. The van der Waals surface area contributed by atoms with Gasteiger partial charge in [0.25, 0.3) is 11.8 Å². The Balaban J connectivity index is 0.000000197. The van der Waals surface area contributed by atoms with Crippen LogP contribution in [0.5, 0.6) is 0 Å². The smallest absolute Gasteiger partial charge is 0.434 e. The molecule has 0 bridgehead atoms. The second-order valence-electron chi connectivity index (χ2n) is 25.0. The van der Waals surface area contributed by atoms with E-state index in [-0.39, 0.29) is 83.7 Å². The topological polar surface area (TPSA) is 452 Å². The largest absolute Gasteiger partial charge is 0.477 e. The normalized spacial score (nSPS) is 11.1. The van der Waals surface area contributed by atoms with Crippen LogP contribution in [0.2, 0.25) is 15.1 Å². The average Bonchev–Trinajstić information content (AvgIpc) is 1.61. The SMILES string of the molecule is CC(=O)NN.CC(=O)NNC(=O)c1c(-c2c(F)cccc2Cl)noc1-c1cnn(-c2cccc(NC(C)=O)c2)c1C(F)(F)F.CC(=O)Nc1cccc(-n2ncc(-c3onc(-c4c(F)cccc4Cl)c3-c3nnc(C)o3)c2C(F)(F)F)c1.CC(=O)Nc1cccc(-n2ncc(-c3onc(-c4c(F)cccc4Cl)c3C(=O)O)c2C(F)(F)F)c1.CC(=O)OC(C)=O. The van der Waals surface area contributed by atoms with Crippen molar-refractivity contribution in [3.05, 3.63) is 213 Å². The Morgan fingerprint density at radius 1 is 0.435 bits per heavy atom. The molecule has 0 atom stereocenters. The molecule has 646 valence electrons. The summed E-state index contributed by atoms with van der Waals surface area (Å²) in [6.07, 6.45) is -12.6. The number of nitrogens with two attached hydrogens (primary N) is 1. The molecule has 0 saturated carbocycles. The number of hydrogen-bond donors (Lipinski definition) is 8. The van der Waals surface area contributed by atoms with E-state index in [0.717, 1.165) is 43.7 Å². The van der Waals surface area contributed by atoms with Gasteiger partial charge in [0, 0.05) is 72.5 Å². The summed E-state index contributed by atoms with van der Waals surface area (Å²) in [5.74, 6) is -6.43. The van der Waals surface area contributed by atoms with Crippen LogP contribution in [0.25, 0.3) is 96.3 Å². The highest BCUT2D eigenvalue weighted by atomic mass is 35.5. The van der Waals surface area contributed by atoms with Crippen molar-refractivity contribution in [1.29, 1.82) is 0 Å². The lowest BCUT2D eigenvalue weighted by Gasteiger charge is -2.13. The van der Waals surface area contributed by atoms with Crippen LogP contribution < -0.4 is 38.1 Å². The highest BCUT2D eigenvalue weighted by Gasteiger charge is 2.46. The molecule has 6 aromatic carbocycles. The number of carboxylic acids is 1. The Morgan fingerprint density at radius 3 is 1.07 bits per heavy atom. The minimum absolute atomic E-state index is 0.00176. The molecular formula is C76H57Cl3F12N18O15. The van der Waals surface area contributed by atoms with E-state index in [1.54, 1.807) is 0 Å². The van der Waals surface area contributed by atoms with Crippen molar-refractivity contribution >= 4 is 105 Å². The number of alkyl halides is 9. The zero-order valence-electron chi connectivity index (χ0n) is 64.2. The number of hydrazine groups is 2. The molecule has 7 aromatic heterocycles. The average molecular weight is 1800 g/mol. The second-order valence-corrected chi connectivity index (χ2v) is 26.2. The summed E-state index contributed by atoms with van der Waals surface area (Å²) in [6.45, 7) is 9.99. The summed E-state index contributed by atoms with van der Waals surface area (Å²) >= 11 is 18.3. The van der Waals surface area contributed by atoms with Crippen LogP contribution in [-0.2, 0) is 56.8 Å². The number of rotatable bonds is 15. The number of aromatic nitrogens is 11. The molecule has 0 aliphatic heterocycles. The molecule has 48 heteroatoms. The van der Waals surface area contributed by atoms with E-state index in [2.05, 4.69) is 67.5 Å². The number of carbonyl (C=O) groups excluding carboxylic acids is 8. The maximum absolute atomic E-state index is 14.8. The summed E-state index contributed by atoms with van der Waals surface area (Å²) < 4.78 is 200. The van der Waals surface area contributed by atoms with Crippen LogP contribution >= 0.6 is 34.8 Å². The van der Waals surface area contributed by atoms with Gasteiger partial charge in [0.15, 0.2) is 34.4 Å². The van der Waals surface area contributed by atoms with E-state index in [9.17, 15) is 101 Å². The van der Waals surface area contributed by atoms with E-state index >= 15 is 0 Å². The van der Waals surface area contributed by atoms with E-state index in [0.29, 0.717) is 14.0 Å². The fourth-order valence-electron chi connectivity index (χ4n) is 11.2. The Kier molecular flexibility index (Phi) is 29.3. The maximum atomic E-state index is 14.8. The molecule has 0 fully saturated rings. The zero-order chi connectivity index (χ0) is 91.3.